The molecule has 0 fully saturated rings. The van der Waals surface area contributed by atoms with Crippen molar-refractivity contribution in [1.82, 2.24) is 0 Å². The minimum Gasteiger partial charge on any atom is -0.337 e. The fraction of sp³-hybridized carbons (Fsp3) is 0.200. The third kappa shape index (κ3) is 1.61. The standard InChI is InChI=1S/C10H8O3/c11-5-1-2-8-3-4-9-7-12-13-10(9)6-8/h1,3-4,6H,2,7H2. The predicted octanol–water partition coefficient (Wildman–Crippen LogP) is 1.44. The first-order chi connectivity index (χ1) is 6.40. The lowest BCUT2D eigenvalue weighted by atomic mass is 10.1. The first-order valence-electron chi connectivity index (χ1n) is 4.01. The summed E-state index contributed by atoms with van der Waals surface area (Å²) in [5.74, 6) is 2.48. The van der Waals surface area contributed by atoms with Crippen LogP contribution in [-0.4, -0.2) is 5.94 Å². The quantitative estimate of drug-likeness (QED) is 0.505. The van der Waals surface area contributed by atoms with E-state index in [9.17, 15) is 4.79 Å². The molecule has 0 unspecified atom stereocenters. The Morgan fingerprint density at radius 1 is 1.54 bits per heavy atom. The monoisotopic (exact) mass is 176 g/mol. The van der Waals surface area contributed by atoms with Crippen LogP contribution in [0, 0.1) is 0 Å². The molecule has 1 heterocycles. The van der Waals surface area contributed by atoms with Gasteiger partial charge in [-0.25, -0.2) is 4.79 Å². The molecule has 0 amide bonds. The van der Waals surface area contributed by atoms with Crippen molar-refractivity contribution >= 4 is 5.94 Å². The summed E-state index contributed by atoms with van der Waals surface area (Å²) in [7, 11) is 0. The summed E-state index contributed by atoms with van der Waals surface area (Å²) < 4.78 is 0. The van der Waals surface area contributed by atoms with E-state index in [0.717, 1.165) is 16.9 Å². The highest BCUT2D eigenvalue weighted by atomic mass is 17.2. The van der Waals surface area contributed by atoms with Crippen molar-refractivity contribution in [3.05, 3.63) is 35.4 Å². The molecule has 1 aliphatic rings. The smallest absolute Gasteiger partial charge is 0.171 e. The summed E-state index contributed by atoms with van der Waals surface area (Å²) in [5, 5.41) is 0. The molecule has 0 aromatic heterocycles. The Kier molecular flexibility index (Phi) is 2.13. The minimum atomic E-state index is 0.499. The van der Waals surface area contributed by atoms with E-state index >= 15 is 0 Å². The van der Waals surface area contributed by atoms with E-state index in [1.165, 1.54) is 6.08 Å². The summed E-state index contributed by atoms with van der Waals surface area (Å²) in [6, 6.07) is 5.76. The lowest BCUT2D eigenvalue weighted by Gasteiger charge is -1.97. The molecule has 0 saturated carbocycles. The second-order valence-corrected chi connectivity index (χ2v) is 2.81. The van der Waals surface area contributed by atoms with Gasteiger partial charge in [-0.15, -0.1) is 0 Å². The second-order valence-electron chi connectivity index (χ2n) is 2.81. The van der Waals surface area contributed by atoms with Gasteiger partial charge in [-0.05, 0) is 11.6 Å². The van der Waals surface area contributed by atoms with Crippen molar-refractivity contribution in [2.75, 3.05) is 0 Å². The van der Waals surface area contributed by atoms with Crippen molar-refractivity contribution in [2.24, 2.45) is 0 Å². The van der Waals surface area contributed by atoms with Gasteiger partial charge in [0.15, 0.2) is 5.75 Å². The van der Waals surface area contributed by atoms with Crippen LogP contribution in [0.1, 0.15) is 11.1 Å². The summed E-state index contributed by atoms with van der Waals surface area (Å²) in [6.45, 7) is 0.499. The van der Waals surface area contributed by atoms with Crippen LogP contribution in [0.2, 0.25) is 0 Å². The van der Waals surface area contributed by atoms with Gasteiger partial charge < -0.3 is 4.89 Å². The van der Waals surface area contributed by atoms with Crippen LogP contribution >= 0.6 is 0 Å². The van der Waals surface area contributed by atoms with Gasteiger partial charge in [0.05, 0.1) is 0 Å². The number of hydrogen-bond acceptors (Lipinski definition) is 3. The highest BCUT2D eigenvalue weighted by Crippen LogP contribution is 2.26. The lowest BCUT2D eigenvalue weighted by molar-refractivity contribution is -0.194. The Balaban J connectivity index is 2.25. The van der Waals surface area contributed by atoms with Gasteiger partial charge in [0, 0.05) is 18.1 Å². The molecule has 0 aliphatic carbocycles. The Hall–Kier alpha value is -1.57. The maximum atomic E-state index is 9.98. The van der Waals surface area contributed by atoms with Crippen molar-refractivity contribution in [2.45, 2.75) is 13.0 Å². The zero-order valence-electron chi connectivity index (χ0n) is 6.95. The molecule has 0 atom stereocenters. The van der Waals surface area contributed by atoms with E-state index in [1.54, 1.807) is 5.94 Å². The number of rotatable bonds is 2. The molecular weight excluding hydrogens is 168 g/mol. The lowest BCUT2D eigenvalue weighted by Crippen LogP contribution is -1.84. The van der Waals surface area contributed by atoms with Gasteiger partial charge in [0.25, 0.3) is 0 Å². The van der Waals surface area contributed by atoms with Gasteiger partial charge >= 0.3 is 0 Å². The molecule has 3 heteroatoms. The van der Waals surface area contributed by atoms with E-state index in [0.29, 0.717) is 13.0 Å². The average molecular weight is 176 g/mol. The fourth-order valence-corrected chi connectivity index (χ4v) is 1.24. The van der Waals surface area contributed by atoms with E-state index in [2.05, 4.69) is 0 Å². The first kappa shape index (κ1) is 8.05. The Morgan fingerprint density at radius 2 is 2.46 bits per heavy atom. The molecule has 2 rings (SSSR count). The van der Waals surface area contributed by atoms with Crippen molar-refractivity contribution in [1.29, 1.82) is 0 Å². The third-order valence-electron chi connectivity index (χ3n) is 1.92. The van der Waals surface area contributed by atoms with Crippen LogP contribution in [0.15, 0.2) is 24.3 Å². The van der Waals surface area contributed by atoms with Crippen LogP contribution in [0.5, 0.6) is 5.75 Å². The number of fused-ring (bicyclic) bond motifs is 1. The van der Waals surface area contributed by atoms with Crippen molar-refractivity contribution < 1.29 is 14.6 Å². The van der Waals surface area contributed by atoms with E-state index in [1.807, 2.05) is 18.2 Å². The predicted molar refractivity (Wildman–Crippen MR) is 45.8 cm³/mol. The molecule has 0 bridgehead atoms. The maximum Gasteiger partial charge on any atom is 0.171 e. The number of hydrogen-bond donors (Lipinski definition) is 0. The molecule has 1 aromatic rings. The van der Waals surface area contributed by atoms with Gasteiger partial charge in [-0.3, -0.25) is 0 Å². The second kappa shape index (κ2) is 3.44. The van der Waals surface area contributed by atoms with Crippen LogP contribution in [-0.2, 0) is 22.7 Å². The number of allylic oxidation sites excluding steroid dienone is 1. The van der Waals surface area contributed by atoms with Crippen LogP contribution in [0.25, 0.3) is 0 Å². The average Bonchev–Trinajstić information content (AvgIpc) is 2.61. The van der Waals surface area contributed by atoms with Gasteiger partial charge in [0.1, 0.15) is 12.5 Å². The zero-order valence-corrected chi connectivity index (χ0v) is 6.95. The molecule has 0 spiro atoms. The minimum absolute atomic E-state index is 0.499. The summed E-state index contributed by atoms with van der Waals surface area (Å²) in [5.41, 5.74) is 2.06. The van der Waals surface area contributed by atoms with E-state index in [4.69, 9.17) is 9.78 Å². The van der Waals surface area contributed by atoms with Gasteiger partial charge in [0.2, 0.25) is 0 Å². The summed E-state index contributed by atoms with van der Waals surface area (Å²) in [4.78, 5) is 19.7. The molecule has 0 saturated heterocycles. The number of benzene rings is 1. The normalized spacial score (nSPS) is 12.9. The molecule has 3 nitrogen and oxygen atoms in total. The Labute approximate surface area is 75.5 Å². The summed E-state index contributed by atoms with van der Waals surface area (Å²) in [6.07, 6.45) is 2.03. The molecule has 1 aliphatic heterocycles. The fourth-order valence-electron chi connectivity index (χ4n) is 1.24. The van der Waals surface area contributed by atoms with E-state index < -0.39 is 0 Å². The molecular formula is C10H8O3. The molecule has 13 heavy (non-hydrogen) atoms. The van der Waals surface area contributed by atoms with Crippen molar-refractivity contribution in [3.8, 4) is 5.75 Å². The van der Waals surface area contributed by atoms with Crippen LogP contribution in [0.3, 0.4) is 0 Å². The topological polar surface area (TPSA) is 35.5 Å². The maximum absolute atomic E-state index is 9.98. The molecule has 1 aromatic carbocycles. The van der Waals surface area contributed by atoms with Crippen molar-refractivity contribution in [3.63, 3.8) is 0 Å². The van der Waals surface area contributed by atoms with Crippen LogP contribution in [0.4, 0.5) is 0 Å². The first-order valence-corrected chi connectivity index (χ1v) is 4.01. The Morgan fingerprint density at radius 3 is 3.31 bits per heavy atom. The zero-order chi connectivity index (χ0) is 9.10. The SMILES string of the molecule is O=C=CCc1ccc2c(c1)OOC2. The highest BCUT2D eigenvalue weighted by molar-refractivity contribution is 5.47. The molecule has 0 radical (unpaired) electrons. The Bertz CT molecular complexity index is 364. The largest absolute Gasteiger partial charge is 0.337 e. The molecule has 0 N–H and O–H groups in total. The van der Waals surface area contributed by atoms with Gasteiger partial charge in [-0.2, -0.15) is 4.89 Å². The van der Waals surface area contributed by atoms with E-state index in [-0.39, 0.29) is 0 Å². The highest BCUT2D eigenvalue weighted by Gasteiger charge is 2.13. The molecule has 66 valence electrons. The summed E-state index contributed by atoms with van der Waals surface area (Å²) >= 11 is 0. The third-order valence-corrected chi connectivity index (χ3v) is 1.92. The van der Waals surface area contributed by atoms with Gasteiger partial charge in [-0.1, -0.05) is 12.1 Å². The van der Waals surface area contributed by atoms with Crippen LogP contribution < -0.4 is 4.89 Å². The number of carbonyl (C=O) groups excluding carboxylic acids is 1.